The van der Waals surface area contributed by atoms with Gasteiger partial charge in [-0.25, -0.2) is 5.01 Å². The van der Waals surface area contributed by atoms with E-state index in [1.54, 1.807) is 21.3 Å². The Kier molecular flexibility index (Phi) is 8.65. The number of hydrazone groups is 1. The van der Waals surface area contributed by atoms with Crippen molar-refractivity contribution < 1.29 is 23.8 Å². The molecule has 34 heavy (non-hydrogen) atoms. The van der Waals surface area contributed by atoms with E-state index in [-0.39, 0.29) is 30.3 Å². The van der Waals surface area contributed by atoms with E-state index in [1.165, 1.54) is 9.91 Å². The highest BCUT2D eigenvalue weighted by Crippen LogP contribution is 2.37. The van der Waals surface area contributed by atoms with Gasteiger partial charge in [0.25, 0.3) is 5.91 Å². The van der Waals surface area contributed by atoms with E-state index in [4.69, 9.17) is 19.3 Å². The van der Waals surface area contributed by atoms with E-state index in [1.807, 2.05) is 62.4 Å². The van der Waals surface area contributed by atoms with Crippen molar-refractivity contribution in [1.82, 2.24) is 9.91 Å². The Labute approximate surface area is 201 Å². The van der Waals surface area contributed by atoms with E-state index in [2.05, 4.69) is 0 Å². The Bertz CT molecular complexity index is 1040. The van der Waals surface area contributed by atoms with E-state index in [0.29, 0.717) is 31.1 Å². The summed E-state index contributed by atoms with van der Waals surface area (Å²) in [5, 5.41) is 6.21. The molecule has 2 aromatic carbocycles. The van der Waals surface area contributed by atoms with Crippen molar-refractivity contribution in [2.45, 2.75) is 26.3 Å². The molecule has 3 rings (SSSR count). The summed E-state index contributed by atoms with van der Waals surface area (Å²) >= 11 is 0. The molecule has 0 unspecified atom stereocenters. The lowest BCUT2D eigenvalue weighted by Crippen LogP contribution is -2.44. The van der Waals surface area contributed by atoms with Crippen LogP contribution in [-0.2, 0) is 14.3 Å². The summed E-state index contributed by atoms with van der Waals surface area (Å²) in [7, 11) is 4.80. The molecular formula is C26H33N3O5. The minimum Gasteiger partial charge on any atom is -0.497 e. The van der Waals surface area contributed by atoms with Crippen LogP contribution >= 0.6 is 0 Å². The van der Waals surface area contributed by atoms with E-state index >= 15 is 0 Å². The molecule has 1 heterocycles. The second-order valence-electron chi connectivity index (χ2n) is 8.39. The van der Waals surface area contributed by atoms with Crippen molar-refractivity contribution in [3.05, 3.63) is 59.7 Å². The molecule has 8 nitrogen and oxygen atoms in total. The molecule has 182 valence electrons. The van der Waals surface area contributed by atoms with Gasteiger partial charge < -0.3 is 19.1 Å². The predicted molar refractivity (Wildman–Crippen MR) is 130 cm³/mol. The smallest absolute Gasteiger partial charge is 0.262 e. The van der Waals surface area contributed by atoms with Gasteiger partial charge in [-0.2, -0.15) is 5.10 Å². The molecule has 2 aromatic rings. The summed E-state index contributed by atoms with van der Waals surface area (Å²) < 4.78 is 16.1. The van der Waals surface area contributed by atoms with Crippen LogP contribution in [-0.4, -0.2) is 68.5 Å². The summed E-state index contributed by atoms with van der Waals surface area (Å²) in [6, 6.07) is 14.9. The number of amides is 2. The summed E-state index contributed by atoms with van der Waals surface area (Å²) in [5.41, 5.74) is 2.50. The second kappa shape index (κ2) is 11.7. The first-order valence-electron chi connectivity index (χ1n) is 11.3. The van der Waals surface area contributed by atoms with Gasteiger partial charge in [0, 0.05) is 37.1 Å². The number of ether oxygens (including phenoxy) is 3. The Hall–Kier alpha value is -3.39. The molecule has 0 spiro atoms. The zero-order valence-corrected chi connectivity index (χ0v) is 20.5. The number of benzene rings is 2. The van der Waals surface area contributed by atoms with Gasteiger partial charge in [0.05, 0.1) is 32.6 Å². The van der Waals surface area contributed by atoms with Crippen LogP contribution in [0.5, 0.6) is 11.5 Å². The first-order valence-corrected chi connectivity index (χ1v) is 11.3. The Morgan fingerprint density at radius 3 is 2.53 bits per heavy atom. The molecular weight excluding hydrogens is 434 g/mol. The normalized spacial score (nSPS) is 15.3. The van der Waals surface area contributed by atoms with Crippen molar-refractivity contribution in [1.29, 1.82) is 0 Å². The molecule has 8 heteroatoms. The molecule has 0 aliphatic carbocycles. The maximum atomic E-state index is 13.5. The largest absolute Gasteiger partial charge is 0.497 e. The van der Waals surface area contributed by atoms with Crippen LogP contribution in [0.4, 0.5) is 0 Å². The van der Waals surface area contributed by atoms with Crippen LogP contribution in [0.25, 0.3) is 0 Å². The third-order valence-electron chi connectivity index (χ3n) is 5.76. The molecule has 2 amide bonds. The highest BCUT2D eigenvalue weighted by Gasteiger charge is 2.36. The number of methoxy groups -OCH3 is 3. The van der Waals surface area contributed by atoms with Gasteiger partial charge in [0.2, 0.25) is 5.91 Å². The lowest BCUT2D eigenvalue weighted by atomic mass is 9.97. The zero-order chi connectivity index (χ0) is 24.7. The number of para-hydroxylation sites is 1. The summed E-state index contributed by atoms with van der Waals surface area (Å²) in [6.07, 6.45) is 0.509. The van der Waals surface area contributed by atoms with Crippen LogP contribution < -0.4 is 9.47 Å². The first kappa shape index (κ1) is 25.2. The standard InChI is InChI=1S/C26H33N3O5/c1-18(2)26(31)28(13-14-32-3)17-25(30)29-23(21-11-6-7-12-24(21)34-5)16-22(27-29)19-9-8-10-20(15-19)33-4/h6-12,15,18,23H,13-14,16-17H2,1-5H3/t23-/m0/s1. The van der Waals surface area contributed by atoms with Gasteiger partial charge in [0.15, 0.2) is 0 Å². The molecule has 1 aliphatic heterocycles. The van der Waals surface area contributed by atoms with Gasteiger partial charge in [0.1, 0.15) is 18.0 Å². The fourth-order valence-corrected chi connectivity index (χ4v) is 3.97. The van der Waals surface area contributed by atoms with Crippen LogP contribution in [0.2, 0.25) is 0 Å². The van der Waals surface area contributed by atoms with Crippen LogP contribution in [0.1, 0.15) is 37.4 Å². The molecule has 0 saturated carbocycles. The lowest BCUT2D eigenvalue weighted by molar-refractivity contribution is -0.143. The monoisotopic (exact) mass is 467 g/mol. The number of hydrogen-bond acceptors (Lipinski definition) is 6. The van der Waals surface area contributed by atoms with Gasteiger partial charge in [-0.05, 0) is 18.2 Å². The summed E-state index contributed by atoms with van der Waals surface area (Å²) in [4.78, 5) is 27.8. The van der Waals surface area contributed by atoms with Gasteiger partial charge in [-0.3, -0.25) is 9.59 Å². The third kappa shape index (κ3) is 5.75. The maximum Gasteiger partial charge on any atom is 0.262 e. The van der Waals surface area contributed by atoms with Crippen molar-refractivity contribution in [3.8, 4) is 11.5 Å². The summed E-state index contributed by atoms with van der Waals surface area (Å²) in [5.74, 6) is 0.799. The fourth-order valence-electron chi connectivity index (χ4n) is 3.97. The highest BCUT2D eigenvalue weighted by molar-refractivity contribution is 6.03. The maximum absolute atomic E-state index is 13.5. The molecule has 1 atom stereocenters. The molecule has 0 fully saturated rings. The van der Waals surface area contributed by atoms with Crippen LogP contribution in [0, 0.1) is 5.92 Å². The van der Waals surface area contributed by atoms with Gasteiger partial charge >= 0.3 is 0 Å². The van der Waals surface area contributed by atoms with Crippen molar-refractivity contribution in [2.75, 3.05) is 41.0 Å². The van der Waals surface area contributed by atoms with Crippen molar-refractivity contribution in [2.24, 2.45) is 11.0 Å². The number of carbonyl (C=O) groups excluding carboxylic acids is 2. The average molecular weight is 468 g/mol. The van der Waals surface area contributed by atoms with Gasteiger partial charge in [-0.15, -0.1) is 0 Å². The van der Waals surface area contributed by atoms with Crippen LogP contribution in [0.15, 0.2) is 53.6 Å². The zero-order valence-electron chi connectivity index (χ0n) is 20.5. The van der Waals surface area contributed by atoms with Gasteiger partial charge in [-0.1, -0.05) is 44.2 Å². The predicted octanol–water partition coefficient (Wildman–Crippen LogP) is 3.51. The SMILES string of the molecule is COCCN(CC(=O)N1N=C(c2cccc(OC)c2)C[C@H]1c1ccccc1OC)C(=O)C(C)C. The number of rotatable bonds is 10. The topological polar surface area (TPSA) is 80.7 Å². The van der Waals surface area contributed by atoms with E-state index < -0.39 is 0 Å². The van der Waals surface area contributed by atoms with Crippen molar-refractivity contribution >= 4 is 17.5 Å². The Morgan fingerprint density at radius 1 is 1.09 bits per heavy atom. The quantitative estimate of drug-likeness (QED) is 0.534. The number of hydrogen-bond donors (Lipinski definition) is 0. The lowest BCUT2D eigenvalue weighted by Gasteiger charge is -2.28. The fraction of sp³-hybridized carbons (Fsp3) is 0.423. The molecule has 0 saturated heterocycles. The average Bonchev–Trinajstić information content (AvgIpc) is 3.31. The second-order valence-corrected chi connectivity index (χ2v) is 8.39. The molecule has 0 bridgehead atoms. The Morgan fingerprint density at radius 2 is 1.85 bits per heavy atom. The molecule has 0 N–H and O–H groups in total. The Balaban J connectivity index is 1.96. The molecule has 1 aliphatic rings. The minimum absolute atomic E-state index is 0.0824. The first-order chi connectivity index (χ1) is 16.4. The highest BCUT2D eigenvalue weighted by atomic mass is 16.5. The molecule has 0 aromatic heterocycles. The van der Waals surface area contributed by atoms with E-state index in [0.717, 1.165) is 16.8 Å². The number of carbonyl (C=O) groups is 2. The third-order valence-corrected chi connectivity index (χ3v) is 5.76. The molecule has 0 radical (unpaired) electrons. The number of nitrogens with zero attached hydrogens (tertiary/aromatic N) is 3. The minimum atomic E-state index is -0.358. The van der Waals surface area contributed by atoms with E-state index in [9.17, 15) is 9.59 Å². The summed E-state index contributed by atoms with van der Waals surface area (Å²) in [6.45, 7) is 4.23. The van der Waals surface area contributed by atoms with Crippen molar-refractivity contribution in [3.63, 3.8) is 0 Å². The van der Waals surface area contributed by atoms with Crippen LogP contribution in [0.3, 0.4) is 0 Å².